The molecule has 0 radical (unpaired) electrons. The van der Waals surface area contributed by atoms with Gasteiger partial charge in [-0.3, -0.25) is 4.79 Å². The summed E-state index contributed by atoms with van der Waals surface area (Å²) in [5, 5.41) is 10.8. The average Bonchev–Trinajstić information content (AvgIpc) is 2.43. The molecule has 0 saturated carbocycles. The number of rotatable bonds is 7. The van der Waals surface area contributed by atoms with E-state index < -0.39 is 10.0 Å². The maximum atomic E-state index is 12.1. The number of nitrogens with one attached hydrogen (secondary N) is 2. The number of amides is 1. The van der Waals surface area contributed by atoms with Gasteiger partial charge in [-0.15, -0.1) is 0 Å². The van der Waals surface area contributed by atoms with Crippen molar-refractivity contribution in [3.05, 3.63) is 18.2 Å². The lowest BCUT2D eigenvalue weighted by molar-refractivity contribution is -0.119. The van der Waals surface area contributed by atoms with Gasteiger partial charge in [-0.1, -0.05) is 13.8 Å². The van der Waals surface area contributed by atoms with Crippen LogP contribution in [0.3, 0.4) is 0 Å². The van der Waals surface area contributed by atoms with Crippen molar-refractivity contribution in [3.8, 4) is 5.75 Å². The zero-order valence-corrected chi connectivity index (χ0v) is 13.2. The fourth-order valence-corrected chi connectivity index (χ4v) is 2.21. The molecule has 118 valence electrons. The summed E-state index contributed by atoms with van der Waals surface area (Å²) in [4.78, 5) is 12.0. The fourth-order valence-electron chi connectivity index (χ4n) is 1.67. The molecule has 4 N–H and O–H groups in total. The van der Waals surface area contributed by atoms with Crippen molar-refractivity contribution >= 4 is 21.6 Å². The molecule has 0 spiro atoms. The largest absolute Gasteiger partial charge is 0.495 e. The van der Waals surface area contributed by atoms with Gasteiger partial charge >= 0.3 is 0 Å². The molecule has 1 aromatic rings. The summed E-state index contributed by atoms with van der Waals surface area (Å²) in [6.45, 7) is 5.01. The zero-order chi connectivity index (χ0) is 16.0. The molecular weight excluding hydrogens is 294 g/mol. The van der Waals surface area contributed by atoms with Gasteiger partial charge < -0.3 is 15.4 Å². The van der Waals surface area contributed by atoms with Crippen molar-refractivity contribution in [2.75, 3.05) is 25.5 Å². The molecule has 0 bridgehead atoms. The van der Waals surface area contributed by atoms with E-state index in [1.165, 1.54) is 25.3 Å². The predicted octanol–water partition coefficient (Wildman–Crippen LogP) is 0.527. The predicted molar refractivity (Wildman–Crippen MR) is 80.7 cm³/mol. The Morgan fingerprint density at radius 2 is 2.10 bits per heavy atom. The van der Waals surface area contributed by atoms with E-state index in [1.807, 2.05) is 6.92 Å². The number of carbonyl (C=O) groups excluding carboxylic acids is 1. The Morgan fingerprint density at radius 1 is 1.43 bits per heavy atom. The van der Waals surface area contributed by atoms with Crippen molar-refractivity contribution in [1.29, 1.82) is 0 Å². The first-order valence-corrected chi connectivity index (χ1v) is 8.06. The molecule has 21 heavy (non-hydrogen) atoms. The summed E-state index contributed by atoms with van der Waals surface area (Å²) in [7, 11) is -2.41. The second-order valence-electron chi connectivity index (χ2n) is 4.61. The van der Waals surface area contributed by atoms with Crippen LogP contribution in [0.4, 0.5) is 5.69 Å². The molecule has 8 heteroatoms. The molecular formula is C13H21N3O4S. The van der Waals surface area contributed by atoms with E-state index >= 15 is 0 Å². The van der Waals surface area contributed by atoms with Crippen molar-refractivity contribution < 1.29 is 17.9 Å². The average molecular weight is 315 g/mol. The minimum atomic E-state index is -3.84. The maximum absolute atomic E-state index is 12.1. The summed E-state index contributed by atoms with van der Waals surface area (Å²) >= 11 is 0. The van der Waals surface area contributed by atoms with Crippen LogP contribution in [0.5, 0.6) is 5.75 Å². The van der Waals surface area contributed by atoms with Gasteiger partial charge in [0.25, 0.3) is 0 Å². The van der Waals surface area contributed by atoms with Crippen LogP contribution in [-0.2, 0) is 14.8 Å². The smallest absolute Gasteiger partial charge is 0.238 e. The Balaban J connectivity index is 2.98. The first-order chi connectivity index (χ1) is 9.79. The summed E-state index contributed by atoms with van der Waals surface area (Å²) in [5.74, 6) is -0.139. The summed E-state index contributed by atoms with van der Waals surface area (Å²) < 4.78 is 27.8. The highest BCUT2D eigenvalue weighted by molar-refractivity contribution is 7.89. The highest BCUT2D eigenvalue weighted by atomic mass is 32.2. The molecule has 1 amide bonds. The number of nitrogens with two attached hydrogens (primary N) is 1. The van der Waals surface area contributed by atoms with Gasteiger partial charge in [0.1, 0.15) is 5.75 Å². The van der Waals surface area contributed by atoms with E-state index in [1.54, 1.807) is 6.92 Å². The summed E-state index contributed by atoms with van der Waals surface area (Å²) in [5.41, 5.74) is 0.275. The Labute approximate surface area is 124 Å². The lowest BCUT2D eigenvalue weighted by Crippen LogP contribution is -2.30. The number of ether oxygens (including phenoxy) is 1. The van der Waals surface area contributed by atoms with E-state index in [-0.39, 0.29) is 22.4 Å². The minimum Gasteiger partial charge on any atom is -0.495 e. The van der Waals surface area contributed by atoms with Gasteiger partial charge in [0.2, 0.25) is 15.9 Å². The van der Waals surface area contributed by atoms with E-state index in [9.17, 15) is 13.2 Å². The van der Waals surface area contributed by atoms with E-state index in [2.05, 4.69) is 10.6 Å². The number of hydrogen-bond acceptors (Lipinski definition) is 5. The molecule has 1 rings (SSSR count). The van der Waals surface area contributed by atoms with Crippen LogP contribution >= 0.6 is 0 Å². The number of sulfonamides is 1. The van der Waals surface area contributed by atoms with Crippen LogP contribution in [0, 0.1) is 5.92 Å². The standard InChI is InChI=1S/C13H21N3O4S/c1-4-15-8-9(2)13(17)16-11-7-10(21(14,18)19)5-6-12(11)20-3/h5-7,9,15H,4,8H2,1-3H3,(H,16,17)(H2,14,18,19). The molecule has 0 aliphatic rings. The van der Waals surface area contributed by atoms with Gasteiger partial charge in [-0.25, -0.2) is 13.6 Å². The molecule has 1 atom stereocenters. The van der Waals surface area contributed by atoms with Crippen LogP contribution in [0.2, 0.25) is 0 Å². The first kappa shape index (κ1) is 17.4. The van der Waals surface area contributed by atoms with Crippen LogP contribution in [-0.4, -0.2) is 34.5 Å². The van der Waals surface area contributed by atoms with Crippen molar-refractivity contribution in [2.24, 2.45) is 11.1 Å². The fraction of sp³-hybridized carbons (Fsp3) is 0.462. The van der Waals surface area contributed by atoms with Crippen LogP contribution in [0.25, 0.3) is 0 Å². The molecule has 0 aromatic heterocycles. The monoisotopic (exact) mass is 315 g/mol. The van der Waals surface area contributed by atoms with E-state index in [0.29, 0.717) is 12.3 Å². The highest BCUT2D eigenvalue weighted by Crippen LogP contribution is 2.27. The molecule has 7 nitrogen and oxygen atoms in total. The van der Waals surface area contributed by atoms with Gasteiger partial charge in [0, 0.05) is 12.5 Å². The molecule has 0 aliphatic heterocycles. The third-order valence-electron chi connectivity index (χ3n) is 2.91. The number of benzene rings is 1. The number of primary sulfonamides is 1. The number of methoxy groups -OCH3 is 1. The number of hydrogen-bond donors (Lipinski definition) is 3. The third-order valence-corrected chi connectivity index (χ3v) is 3.82. The molecule has 0 fully saturated rings. The van der Waals surface area contributed by atoms with Crippen LogP contribution in [0.15, 0.2) is 23.1 Å². The van der Waals surface area contributed by atoms with Crippen molar-refractivity contribution in [3.63, 3.8) is 0 Å². The summed E-state index contributed by atoms with van der Waals surface area (Å²) in [6, 6.07) is 4.06. The SMILES string of the molecule is CCNCC(C)C(=O)Nc1cc(S(N)(=O)=O)ccc1OC. The second-order valence-corrected chi connectivity index (χ2v) is 6.17. The van der Waals surface area contributed by atoms with E-state index in [0.717, 1.165) is 6.54 Å². The molecule has 1 unspecified atom stereocenters. The molecule has 1 aromatic carbocycles. The van der Waals surface area contributed by atoms with E-state index in [4.69, 9.17) is 9.88 Å². The van der Waals surface area contributed by atoms with Gasteiger partial charge in [0.15, 0.2) is 0 Å². The lowest BCUT2D eigenvalue weighted by Gasteiger charge is -2.15. The maximum Gasteiger partial charge on any atom is 0.238 e. The first-order valence-electron chi connectivity index (χ1n) is 6.52. The quantitative estimate of drug-likeness (QED) is 0.679. The third kappa shape index (κ3) is 5.00. The molecule has 0 saturated heterocycles. The number of carbonyl (C=O) groups is 1. The normalized spacial score (nSPS) is 12.8. The van der Waals surface area contributed by atoms with Crippen LogP contribution in [0.1, 0.15) is 13.8 Å². The lowest BCUT2D eigenvalue weighted by atomic mass is 10.1. The van der Waals surface area contributed by atoms with Crippen molar-refractivity contribution in [2.45, 2.75) is 18.7 Å². The Morgan fingerprint density at radius 3 is 2.62 bits per heavy atom. The van der Waals surface area contributed by atoms with Crippen molar-refractivity contribution in [1.82, 2.24) is 5.32 Å². The van der Waals surface area contributed by atoms with Gasteiger partial charge in [-0.2, -0.15) is 0 Å². The Bertz CT molecular complexity index is 601. The topological polar surface area (TPSA) is 111 Å². The summed E-state index contributed by atoms with van der Waals surface area (Å²) in [6.07, 6.45) is 0. The number of anilines is 1. The molecule has 0 aliphatic carbocycles. The Hall–Kier alpha value is -1.64. The molecule has 0 heterocycles. The zero-order valence-electron chi connectivity index (χ0n) is 12.3. The van der Waals surface area contributed by atoms with Crippen LogP contribution < -0.4 is 20.5 Å². The second kappa shape index (κ2) is 7.39. The highest BCUT2D eigenvalue weighted by Gasteiger charge is 2.17. The Kier molecular flexibility index (Phi) is 6.13. The van der Waals surface area contributed by atoms with Gasteiger partial charge in [-0.05, 0) is 24.7 Å². The van der Waals surface area contributed by atoms with Gasteiger partial charge in [0.05, 0.1) is 17.7 Å². The minimum absolute atomic E-state index is 0.0852.